The Morgan fingerprint density at radius 2 is 2.28 bits per heavy atom. The van der Waals surface area contributed by atoms with Crippen molar-refractivity contribution in [2.24, 2.45) is 0 Å². The van der Waals surface area contributed by atoms with Gasteiger partial charge in [0.15, 0.2) is 0 Å². The largest absolute Gasteiger partial charge is 0.488 e. The molecule has 0 amide bonds. The molecule has 0 saturated carbocycles. The van der Waals surface area contributed by atoms with Gasteiger partial charge in [0, 0.05) is 35.3 Å². The molecule has 18 heavy (non-hydrogen) atoms. The molecule has 0 aliphatic heterocycles. The Hall–Kier alpha value is -0.550. The zero-order valence-electron chi connectivity index (χ0n) is 10.3. The maximum absolute atomic E-state index is 5.98. The molecule has 0 aromatic heterocycles. The summed E-state index contributed by atoms with van der Waals surface area (Å²) in [7, 11) is 1.68. The molecule has 0 aliphatic carbocycles. The standard InChI is InChI=1S/C13H17BrClNO2/c1-10(14)9-18-13-4-3-12(15)7-11(13)8-16-5-6-17-2/h3-4,7,16H,1,5-6,8-9H2,2H3. The number of halogens is 2. The monoisotopic (exact) mass is 333 g/mol. The summed E-state index contributed by atoms with van der Waals surface area (Å²) in [4.78, 5) is 0. The van der Waals surface area contributed by atoms with Crippen LogP contribution in [0.5, 0.6) is 5.75 Å². The van der Waals surface area contributed by atoms with E-state index in [0.29, 0.717) is 24.8 Å². The van der Waals surface area contributed by atoms with Crippen molar-refractivity contribution in [3.8, 4) is 5.75 Å². The van der Waals surface area contributed by atoms with Crippen molar-refractivity contribution in [2.75, 3.05) is 26.9 Å². The van der Waals surface area contributed by atoms with Crippen LogP contribution in [-0.4, -0.2) is 26.9 Å². The van der Waals surface area contributed by atoms with Crippen molar-refractivity contribution < 1.29 is 9.47 Å². The van der Waals surface area contributed by atoms with Gasteiger partial charge in [0.1, 0.15) is 12.4 Å². The molecule has 0 spiro atoms. The lowest BCUT2D eigenvalue weighted by Crippen LogP contribution is -2.19. The van der Waals surface area contributed by atoms with Crippen LogP contribution in [0.3, 0.4) is 0 Å². The van der Waals surface area contributed by atoms with E-state index < -0.39 is 0 Å². The molecule has 0 atom stereocenters. The zero-order valence-corrected chi connectivity index (χ0v) is 12.7. The Balaban J connectivity index is 2.61. The third-order valence-electron chi connectivity index (χ3n) is 2.21. The Morgan fingerprint density at radius 1 is 1.50 bits per heavy atom. The van der Waals surface area contributed by atoms with E-state index >= 15 is 0 Å². The maximum Gasteiger partial charge on any atom is 0.124 e. The van der Waals surface area contributed by atoms with Crippen molar-refractivity contribution in [3.05, 3.63) is 39.8 Å². The first-order chi connectivity index (χ1) is 8.63. The van der Waals surface area contributed by atoms with E-state index in [1.165, 1.54) is 0 Å². The molecule has 3 nitrogen and oxygen atoms in total. The lowest BCUT2D eigenvalue weighted by molar-refractivity contribution is 0.199. The van der Waals surface area contributed by atoms with Crippen molar-refractivity contribution in [2.45, 2.75) is 6.54 Å². The fourth-order valence-electron chi connectivity index (χ4n) is 1.38. The number of hydrogen-bond donors (Lipinski definition) is 1. The minimum Gasteiger partial charge on any atom is -0.488 e. The van der Waals surface area contributed by atoms with E-state index in [1.54, 1.807) is 7.11 Å². The van der Waals surface area contributed by atoms with Crippen molar-refractivity contribution in [3.63, 3.8) is 0 Å². The second-order valence-corrected chi connectivity index (χ2v) is 5.29. The minimum absolute atomic E-state index is 0.437. The van der Waals surface area contributed by atoms with Gasteiger partial charge >= 0.3 is 0 Å². The number of benzene rings is 1. The van der Waals surface area contributed by atoms with E-state index in [4.69, 9.17) is 21.1 Å². The Labute approximate surface area is 121 Å². The summed E-state index contributed by atoms with van der Waals surface area (Å²) in [6, 6.07) is 5.58. The first-order valence-electron chi connectivity index (χ1n) is 5.57. The Bertz CT molecular complexity index is 399. The van der Waals surface area contributed by atoms with Gasteiger partial charge in [0.2, 0.25) is 0 Å². The average molecular weight is 335 g/mol. The minimum atomic E-state index is 0.437. The lowest BCUT2D eigenvalue weighted by Gasteiger charge is -2.12. The quantitative estimate of drug-likeness (QED) is 0.740. The smallest absolute Gasteiger partial charge is 0.124 e. The van der Waals surface area contributed by atoms with Crippen LogP contribution < -0.4 is 10.1 Å². The van der Waals surface area contributed by atoms with Crippen LogP contribution in [0.1, 0.15) is 5.56 Å². The van der Waals surface area contributed by atoms with Crippen molar-refractivity contribution in [1.82, 2.24) is 5.32 Å². The van der Waals surface area contributed by atoms with E-state index in [-0.39, 0.29) is 0 Å². The maximum atomic E-state index is 5.98. The number of hydrogen-bond acceptors (Lipinski definition) is 3. The van der Waals surface area contributed by atoms with Crippen LogP contribution in [0, 0.1) is 0 Å². The third-order valence-corrected chi connectivity index (χ3v) is 2.67. The summed E-state index contributed by atoms with van der Waals surface area (Å²) in [5, 5.41) is 3.96. The second-order valence-electron chi connectivity index (χ2n) is 3.73. The van der Waals surface area contributed by atoms with Gasteiger partial charge in [0.05, 0.1) is 6.61 Å². The van der Waals surface area contributed by atoms with Crippen molar-refractivity contribution >= 4 is 27.5 Å². The zero-order chi connectivity index (χ0) is 13.4. The van der Waals surface area contributed by atoms with Crippen LogP contribution in [0.15, 0.2) is 29.3 Å². The average Bonchev–Trinajstić information content (AvgIpc) is 2.33. The van der Waals surface area contributed by atoms with E-state index in [0.717, 1.165) is 22.3 Å². The summed E-state index contributed by atoms with van der Waals surface area (Å²) >= 11 is 9.25. The topological polar surface area (TPSA) is 30.5 Å². The van der Waals surface area contributed by atoms with Crippen LogP contribution >= 0.6 is 27.5 Å². The molecule has 0 saturated heterocycles. The molecule has 5 heteroatoms. The van der Waals surface area contributed by atoms with Gasteiger partial charge in [0.25, 0.3) is 0 Å². The molecule has 0 aliphatic rings. The first-order valence-corrected chi connectivity index (χ1v) is 6.74. The third kappa shape index (κ3) is 5.87. The highest BCUT2D eigenvalue weighted by Gasteiger charge is 2.05. The summed E-state index contributed by atoms with van der Waals surface area (Å²) in [6.45, 7) is 6.32. The van der Waals surface area contributed by atoms with Gasteiger partial charge in [-0.25, -0.2) is 0 Å². The normalized spacial score (nSPS) is 10.4. The molecule has 1 rings (SSSR count). The molecular formula is C13H17BrClNO2. The van der Waals surface area contributed by atoms with Crippen LogP contribution in [0.25, 0.3) is 0 Å². The van der Waals surface area contributed by atoms with Gasteiger partial charge in [-0.05, 0) is 18.2 Å². The fourth-order valence-corrected chi connectivity index (χ4v) is 1.69. The number of nitrogens with one attached hydrogen (secondary N) is 1. The summed E-state index contributed by atoms with van der Waals surface area (Å²) < 4.78 is 11.4. The summed E-state index contributed by atoms with van der Waals surface area (Å²) in [5.41, 5.74) is 1.02. The highest BCUT2D eigenvalue weighted by molar-refractivity contribution is 9.11. The van der Waals surface area contributed by atoms with Crippen LogP contribution in [0.2, 0.25) is 5.02 Å². The Morgan fingerprint density at radius 3 is 2.94 bits per heavy atom. The van der Waals surface area contributed by atoms with Gasteiger partial charge < -0.3 is 14.8 Å². The molecule has 1 aromatic carbocycles. The van der Waals surface area contributed by atoms with Gasteiger partial charge in [-0.15, -0.1) is 0 Å². The van der Waals surface area contributed by atoms with Crippen molar-refractivity contribution in [1.29, 1.82) is 0 Å². The highest BCUT2D eigenvalue weighted by Crippen LogP contribution is 2.23. The molecule has 0 heterocycles. The van der Waals surface area contributed by atoms with E-state index in [2.05, 4.69) is 27.8 Å². The summed E-state index contributed by atoms with van der Waals surface area (Å²) in [5.74, 6) is 0.810. The van der Waals surface area contributed by atoms with Gasteiger partial charge in [-0.3, -0.25) is 0 Å². The molecule has 0 bridgehead atoms. The fraction of sp³-hybridized carbons (Fsp3) is 0.385. The highest BCUT2D eigenvalue weighted by atomic mass is 79.9. The molecule has 0 radical (unpaired) electrons. The predicted molar refractivity (Wildman–Crippen MR) is 78.6 cm³/mol. The lowest BCUT2D eigenvalue weighted by atomic mass is 10.2. The summed E-state index contributed by atoms with van der Waals surface area (Å²) in [6.07, 6.45) is 0. The van der Waals surface area contributed by atoms with Gasteiger partial charge in [-0.2, -0.15) is 0 Å². The molecule has 100 valence electrons. The predicted octanol–water partition coefficient (Wildman–Crippen LogP) is 3.36. The molecule has 0 unspecified atom stereocenters. The number of methoxy groups -OCH3 is 1. The van der Waals surface area contributed by atoms with Crippen LogP contribution in [-0.2, 0) is 11.3 Å². The molecule has 1 N–H and O–H groups in total. The Kier molecular flexibility index (Phi) is 7.35. The second kappa shape index (κ2) is 8.53. The number of rotatable bonds is 8. The van der Waals surface area contributed by atoms with Crippen LogP contribution in [0.4, 0.5) is 0 Å². The molecule has 0 fully saturated rings. The van der Waals surface area contributed by atoms with E-state index in [9.17, 15) is 0 Å². The van der Waals surface area contributed by atoms with Gasteiger partial charge in [-0.1, -0.05) is 34.1 Å². The molecule has 1 aromatic rings. The number of ether oxygens (including phenoxy) is 2. The SMILES string of the molecule is C=C(Br)COc1ccc(Cl)cc1CNCCOC. The van der Waals surface area contributed by atoms with E-state index in [1.807, 2.05) is 18.2 Å². The molecular weight excluding hydrogens is 318 g/mol. The first kappa shape index (κ1) is 15.5.